The van der Waals surface area contributed by atoms with Crippen molar-refractivity contribution in [2.45, 2.75) is 45.4 Å². The first-order valence-corrected chi connectivity index (χ1v) is 11.0. The molecule has 34 heavy (non-hydrogen) atoms. The maximum Gasteiger partial charge on any atom is 0.408 e. The number of ether oxygens (including phenoxy) is 1. The van der Waals surface area contributed by atoms with Crippen molar-refractivity contribution in [2.75, 3.05) is 0 Å². The second-order valence-electron chi connectivity index (χ2n) is 8.89. The van der Waals surface area contributed by atoms with Crippen molar-refractivity contribution in [3.63, 3.8) is 0 Å². The molecular formula is C26H30N4O4. The van der Waals surface area contributed by atoms with Gasteiger partial charge in [0.2, 0.25) is 0 Å². The Morgan fingerprint density at radius 1 is 0.912 bits per heavy atom. The molecule has 0 fully saturated rings. The average Bonchev–Trinajstić information content (AvgIpc) is 2.81. The Labute approximate surface area is 198 Å². The van der Waals surface area contributed by atoms with Gasteiger partial charge >= 0.3 is 6.09 Å². The Morgan fingerprint density at radius 2 is 1.59 bits per heavy atom. The van der Waals surface area contributed by atoms with Crippen molar-refractivity contribution < 1.29 is 19.1 Å². The molecule has 0 radical (unpaired) electrons. The van der Waals surface area contributed by atoms with E-state index >= 15 is 0 Å². The molecule has 8 nitrogen and oxygen atoms in total. The molecule has 0 aliphatic carbocycles. The van der Waals surface area contributed by atoms with Crippen molar-refractivity contribution >= 4 is 28.7 Å². The van der Waals surface area contributed by atoms with Crippen LogP contribution in [-0.2, 0) is 22.5 Å². The summed E-state index contributed by atoms with van der Waals surface area (Å²) in [5.74, 6) is -1.07. The Morgan fingerprint density at radius 3 is 2.26 bits per heavy atom. The van der Waals surface area contributed by atoms with E-state index in [9.17, 15) is 14.4 Å². The number of alkyl carbamates (subject to hydrolysis) is 1. The summed E-state index contributed by atoms with van der Waals surface area (Å²) in [6, 6.07) is 19.3. The molecule has 1 atom stereocenters. The van der Waals surface area contributed by atoms with Gasteiger partial charge in [0, 0.05) is 18.5 Å². The van der Waals surface area contributed by atoms with Gasteiger partial charge in [0.25, 0.3) is 11.8 Å². The highest BCUT2D eigenvalue weighted by Gasteiger charge is 2.25. The number of nitrogens with two attached hydrogens (primary N) is 1. The van der Waals surface area contributed by atoms with Gasteiger partial charge in [-0.25, -0.2) is 4.79 Å². The number of amides is 3. The lowest BCUT2D eigenvalue weighted by atomic mass is 9.98. The van der Waals surface area contributed by atoms with Gasteiger partial charge < -0.3 is 15.8 Å². The van der Waals surface area contributed by atoms with Crippen LogP contribution >= 0.6 is 0 Å². The minimum Gasteiger partial charge on any atom is -0.444 e. The lowest BCUT2D eigenvalue weighted by molar-refractivity contribution is -0.124. The van der Waals surface area contributed by atoms with E-state index in [0.29, 0.717) is 12.1 Å². The molecule has 0 spiro atoms. The molecule has 3 amide bonds. The molecule has 0 saturated heterocycles. The van der Waals surface area contributed by atoms with Gasteiger partial charge in [0.1, 0.15) is 11.6 Å². The molecule has 0 heterocycles. The number of benzene rings is 3. The first kappa shape index (κ1) is 24.7. The van der Waals surface area contributed by atoms with Gasteiger partial charge in [-0.15, -0.1) is 0 Å². The second-order valence-corrected chi connectivity index (χ2v) is 8.89. The number of fused-ring (bicyclic) bond motifs is 1. The molecule has 3 aromatic rings. The number of hydrogen-bond donors (Lipinski definition) is 4. The Bertz CT molecular complexity index is 1160. The number of hydrogen-bond acceptors (Lipinski definition) is 5. The van der Waals surface area contributed by atoms with Crippen LogP contribution in [0.15, 0.2) is 66.7 Å². The first-order valence-electron chi connectivity index (χ1n) is 11.0. The molecule has 0 aliphatic rings. The topological polar surface area (TPSA) is 123 Å². The number of carbonyl (C=O) groups is 3. The highest BCUT2D eigenvalue weighted by molar-refractivity contribution is 5.96. The predicted octanol–water partition coefficient (Wildman–Crippen LogP) is 3.20. The van der Waals surface area contributed by atoms with Crippen LogP contribution in [0.5, 0.6) is 0 Å². The molecule has 0 saturated carbocycles. The lowest BCUT2D eigenvalue weighted by Gasteiger charge is -2.24. The fraction of sp³-hybridized carbons (Fsp3) is 0.269. The molecule has 3 aromatic carbocycles. The largest absolute Gasteiger partial charge is 0.444 e. The number of rotatable bonds is 6. The summed E-state index contributed by atoms with van der Waals surface area (Å²) in [5, 5.41) is 4.62. The van der Waals surface area contributed by atoms with E-state index in [1.807, 2.05) is 42.5 Å². The molecular weight excluding hydrogens is 432 g/mol. The third-order valence-corrected chi connectivity index (χ3v) is 5.06. The standard InChI is InChI=1S/C26H30N4O4/c1-26(2,3)34-25(33)28-22(15-20-9-6-8-18-7-4-5-10-21(18)20)24(32)30-29-23(31)19-13-11-17(16-27)12-14-19/h4-14,22H,15-16,27H2,1-3H3,(H,28,33)(H,29,31)(H,30,32)/t22-/m1/s1. The van der Waals surface area contributed by atoms with Crippen molar-refractivity contribution in [1.29, 1.82) is 0 Å². The maximum absolute atomic E-state index is 13.0. The molecule has 5 N–H and O–H groups in total. The minimum atomic E-state index is -0.986. The zero-order valence-corrected chi connectivity index (χ0v) is 19.6. The van der Waals surface area contributed by atoms with Gasteiger partial charge in [-0.1, -0.05) is 54.6 Å². The maximum atomic E-state index is 13.0. The van der Waals surface area contributed by atoms with E-state index in [4.69, 9.17) is 10.5 Å². The Kier molecular flexibility index (Phi) is 7.86. The van der Waals surface area contributed by atoms with Crippen LogP contribution in [0.4, 0.5) is 4.79 Å². The molecule has 0 unspecified atom stereocenters. The Balaban J connectivity index is 1.75. The number of hydrazine groups is 1. The van der Waals surface area contributed by atoms with Crippen molar-refractivity contribution in [3.8, 4) is 0 Å². The third-order valence-electron chi connectivity index (χ3n) is 5.06. The van der Waals surface area contributed by atoms with Crippen LogP contribution in [-0.4, -0.2) is 29.6 Å². The first-order chi connectivity index (χ1) is 16.2. The van der Waals surface area contributed by atoms with Gasteiger partial charge in [-0.2, -0.15) is 0 Å². The zero-order valence-electron chi connectivity index (χ0n) is 19.6. The van der Waals surface area contributed by atoms with Gasteiger partial charge in [-0.05, 0) is 54.8 Å². The molecule has 0 aliphatic heterocycles. The second kappa shape index (κ2) is 10.8. The summed E-state index contributed by atoms with van der Waals surface area (Å²) < 4.78 is 5.33. The van der Waals surface area contributed by atoms with Crippen molar-refractivity contribution in [1.82, 2.24) is 16.2 Å². The smallest absolute Gasteiger partial charge is 0.408 e. The molecule has 3 rings (SSSR count). The minimum absolute atomic E-state index is 0.202. The Hall–Kier alpha value is -3.91. The van der Waals surface area contributed by atoms with E-state index in [1.54, 1.807) is 45.0 Å². The summed E-state index contributed by atoms with van der Waals surface area (Å²) in [6.07, 6.45) is -0.524. The molecule has 178 valence electrons. The highest BCUT2D eigenvalue weighted by atomic mass is 16.6. The molecule has 8 heteroatoms. The number of carbonyl (C=O) groups excluding carboxylic acids is 3. The normalized spacial score (nSPS) is 12.0. The van der Waals surface area contributed by atoms with Crippen molar-refractivity contribution in [3.05, 3.63) is 83.4 Å². The van der Waals surface area contributed by atoms with Crippen molar-refractivity contribution in [2.24, 2.45) is 5.73 Å². The fourth-order valence-electron chi connectivity index (χ4n) is 3.42. The summed E-state index contributed by atoms with van der Waals surface area (Å²) in [6.45, 7) is 5.58. The SMILES string of the molecule is CC(C)(C)OC(=O)N[C@H](Cc1cccc2ccccc12)C(=O)NNC(=O)c1ccc(CN)cc1. The predicted molar refractivity (Wildman–Crippen MR) is 131 cm³/mol. The average molecular weight is 463 g/mol. The molecule has 0 aromatic heterocycles. The van der Waals surface area contributed by atoms with Crippen LogP contribution in [0.1, 0.15) is 42.3 Å². The van der Waals surface area contributed by atoms with E-state index in [1.165, 1.54) is 0 Å². The van der Waals surface area contributed by atoms with E-state index in [-0.39, 0.29) is 6.42 Å². The number of nitrogens with one attached hydrogen (secondary N) is 3. The van der Waals surface area contributed by atoms with E-state index < -0.39 is 29.6 Å². The van der Waals surface area contributed by atoms with E-state index in [2.05, 4.69) is 16.2 Å². The van der Waals surface area contributed by atoms with Crippen LogP contribution < -0.4 is 21.9 Å². The zero-order chi connectivity index (χ0) is 24.7. The lowest BCUT2D eigenvalue weighted by Crippen LogP contribution is -2.53. The van der Waals surface area contributed by atoms with Crippen LogP contribution in [0.25, 0.3) is 10.8 Å². The third kappa shape index (κ3) is 6.79. The van der Waals surface area contributed by atoms with Crippen LogP contribution in [0.2, 0.25) is 0 Å². The summed E-state index contributed by atoms with van der Waals surface area (Å²) in [5.41, 5.74) is 11.8. The fourth-order valence-corrected chi connectivity index (χ4v) is 3.42. The summed E-state index contributed by atoms with van der Waals surface area (Å²) in [7, 11) is 0. The van der Waals surface area contributed by atoms with Gasteiger partial charge in [0.05, 0.1) is 0 Å². The summed E-state index contributed by atoms with van der Waals surface area (Å²) in [4.78, 5) is 37.9. The van der Waals surface area contributed by atoms with Crippen LogP contribution in [0, 0.1) is 0 Å². The van der Waals surface area contributed by atoms with Crippen LogP contribution in [0.3, 0.4) is 0 Å². The monoisotopic (exact) mass is 462 g/mol. The summed E-state index contributed by atoms with van der Waals surface area (Å²) >= 11 is 0. The van der Waals surface area contributed by atoms with Gasteiger partial charge in [0.15, 0.2) is 0 Å². The van der Waals surface area contributed by atoms with E-state index in [0.717, 1.165) is 21.9 Å². The quantitative estimate of drug-likeness (QED) is 0.419. The van der Waals surface area contributed by atoms with Gasteiger partial charge in [-0.3, -0.25) is 20.4 Å². The molecule has 0 bridgehead atoms. The highest BCUT2D eigenvalue weighted by Crippen LogP contribution is 2.20.